The maximum Gasteiger partial charge on any atom is 0.267 e. The van der Waals surface area contributed by atoms with Gasteiger partial charge in [0.15, 0.2) is 0 Å². The van der Waals surface area contributed by atoms with E-state index in [9.17, 15) is 9.59 Å². The second kappa shape index (κ2) is 5.25. The molecular weight excluding hydrogens is 206 g/mol. The van der Waals surface area contributed by atoms with Crippen molar-refractivity contribution in [2.45, 2.75) is 26.2 Å². The van der Waals surface area contributed by atoms with Gasteiger partial charge < -0.3 is 11.5 Å². The second-order valence-electron chi connectivity index (χ2n) is 3.54. The summed E-state index contributed by atoms with van der Waals surface area (Å²) in [5.74, 6) is -1.29. The Kier molecular flexibility index (Phi) is 3.99. The lowest BCUT2D eigenvalue weighted by molar-refractivity contribution is 0.0991. The fourth-order valence-corrected chi connectivity index (χ4v) is 1.41. The quantitative estimate of drug-likeness (QED) is 0.762. The Morgan fingerprint density at radius 2 is 1.94 bits per heavy atom. The number of nitrogens with zero attached hydrogens (tertiary/aromatic N) is 1. The Balaban J connectivity index is 3.09. The molecule has 16 heavy (non-hydrogen) atoms. The molecule has 0 saturated carbocycles. The first-order valence-electron chi connectivity index (χ1n) is 5.15. The monoisotopic (exact) mass is 221 g/mol. The van der Waals surface area contributed by atoms with Crippen molar-refractivity contribution in [3.63, 3.8) is 0 Å². The minimum atomic E-state index is -0.662. The van der Waals surface area contributed by atoms with Gasteiger partial charge in [-0.3, -0.25) is 9.59 Å². The summed E-state index contributed by atoms with van der Waals surface area (Å²) >= 11 is 0. The maximum atomic E-state index is 11.2. The highest BCUT2D eigenvalue weighted by atomic mass is 16.1. The topological polar surface area (TPSA) is 99.1 Å². The van der Waals surface area contributed by atoms with Crippen LogP contribution in [-0.4, -0.2) is 16.8 Å². The predicted octanol–water partition coefficient (Wildman–Crippen LogP) is 0.622. The zero-order valence-corrected chi connectivity index (χ0v) is 9.19. The van der Waals surface area contributed by atoms with Crippen LogP contribution in [0.3, 0.4) is 0 Å². The summed E-state index contributed by atoms with van der Waals surface area (Å²) in [6.45, 7) is 2.05. The predicted molar refractivity (Wildman–Crippen MR) is 59.9 cm³/mol. The van der Waals surface area contributed by atoms with Crippen molar-refractivity contribution < 1.29 is 9.59 Å². The third-order valence-electron chi connectivity index (χ3n) is 2.26. The molecule has 0 atom stereocenters. The van der Waals surface area contributed by atoms with Crippen LogP contribution in [0.1, 0.15) is 46.3 Å². The van der Waals surface area contributed by atoms with Crippen molar-refractivity contribution in [2.75, 3.05) is 0 Å². The molecule has 0 unspecified atom stereocenters. The Morgan fingerprint density at radius 3 is 2.44 bits per heavy atom. The van der Waals surface area contributed by atoms with Crippen LogP contribution in [0.5, 0.6) is 0 Å². The van der Waals surface area contributed by atoms with Gasteiger partial charge in [-0.2, -0.15) is 0 Å². The second-order valence-corrected chi connectivity index (χ2v) is 3.54. The molecule has 0 saturated heterocycles. The summed E-state index contributed by atoms with van der Waals surface area (Å²) < 4.78 is 0. The summed E-state index contributed by atoms with van der Waals surface area (Å²) in [4.78, 5) is 26.0. The van der Waals surface area contributed by atoms with Gasteiger partial charge in [0.25, 0.3) is 11.8 Å². The van der Waals surface area contributed by atoms with Crippen LogP contribution in [0.15, 0.2) is 12.1 Å². The Hall–Kier alpha value is -1.91. The lowest BCUT2D eigenvalue weighted by atomic mass is 10.1. The third kappa shape index (κ3) is 2.79. The van der Waals surface area contributed by atoms with Crippen LogP contribution in [0.25, 0.3) is 0 Å². The fraction of sp³-hybridized carbons (Fsp3) is 0.364. The van der Waals surface area contributed by atoms with Gasteiger partial charge in [0, 0.05) is 0 Å². The molecule has 86 valence electrons. The van der Waals surface area contributed by atoms with Gasteiger partial charge in [-0.15, -0.1) is 0 Å². The number of carbonyl (C=O) groups is 2. The van der Waals surface area contributed by atoms with E-state index in [0.29, 0.717) is 0 Å². The normalized spacial score (nSPS) is 10.1. The number of hydrogen-bond acceptors (Lipinski definition) is 3. The first-order chi connectivity index (χ1) is 7.56. The number of pyridine rings is 1. The standard InChI is InChI=1S/C11H15N3O2/c1-2-3-4-7-5-6-8(10(12)15)14-9(7)11(13)16/h5-6H,2-4H2,1H3,(H2,12,15)(H2,13,16). The van der Waals surface area contributed by atoms with Crippen LogP contribution in [0, 0.1) is 0 Å². The zero-order chi connectivity index (χ0) is 12.1. The highest BCUT2D eigenvalue weighted by molar-refractivity contribution is 5.95. The van der Waals surface area contributed by atoms with Crippen molar-refractivity contribution >= 4 is 11.8 Å². The van der Waals surface area contributed by atoms with Gasteiger partial charge in [0.1, 0.15) is 11.4 Å². The third-order valence-corrected chi connectivity index (χ3v) is 2.26. The number of hydrogen-bond donors (Lipinski definition) is 2. The molecule has 1 rings (SSSR count). The van der Waals surface area contributed by atoms with Gasteiger partial charge in [0.05, 0.1) is 0 Å². The van der Waals surface area contributed by atoms with Gasteiger partial charge in [-0.25, -0.2) is 4.98 Å². The molecule has 4 N–H and O–H groups in total. The number of nitrogens with two attached hydrogens (primary N) is 2. The van der Waals surface area contributed by atoms with Gasteiger partial charge in [-0.05, 0) is 24.5 Å². The van der Waals surface area contributed by atoms with Crippen LogP contribution in [0.4, 0.5) is 0 Å². The smallest absolute Gasteiger partial charge is 0.267 e. The van der Waals surface area contributed by atoms with Crippen LogP contribution >= 0.6 is 0 Å². The van der Waals surface area contributed by atoms with Gasteiger partial charge in [-0.1, -0.05) is 19.4 Å². The summed E-state index contributed by atoms with van der Waals surface area (Å²) in [6.07, 6.45) is 2.68. The van der Waals surface area contributed by atoms with E-state index in [1.54, 1.807) is 6.07 Å². The zero-order valence-electron chi connectivity index (χ0n) is 9.19. The lowest BCUT2D eigenvalue weighted by Crippen LogP contribution is -2.20. The van der Waals surface area contributed by atoms with Crippen LogP contribution in [-0.2, 0) is 6.42 Å². The largest absolute Gasteiger partial charge is 0.364 e. The summed E-state index contributed by atoms with van der Waals surface area (Å²) in [6, 6.07) is 3.20. The van der Waals surface area contributed by atoms with E-state index in [0.717, 1.165) is 24.8 Å². The molecular formula is C11H15N3O2. The summed E-state index contributed by atoms with van der Waals surface area (Å²) in [5, 5.41) is 0. The van der Waals surface area contributed by atoms with E-state index in [4.69, 9.17) is 11.5 Å². The minimum Gasteiger partial charge on any atom is -0.364 e. The Labute approximate surface area is 93.8 Å². The average Bonchev–Trinajstić information content (AvgIpc) is 2.25. The first kappa shape index (κ1) is 12.2. The van der Waals surface area contributed by atoms with Crippen LogP contribution in [0.2, 0.25) is 0 Å². The number of primary amides is 2. The molecule has 1 aromatic rings. The molecule has 0 aromatic carbocycles. The van der Waals surface area contributed by atoms with Gasteiger partial charge in [0.2, 0.25) is 0 Å². The summed E-state index contributed by atoms with van der Waals surface area (Å²) in [7, 11) is 0. The fourth-order valence-electron chi connectivity index (χ4n) is 1.41. The molecule has 0 aliphatic heterocycles. The number of aryl methyl sites for hydroxylation is 1. The molecule has 0 fully saturated rings. The number of aromatic nitrogens is 1. The number of rotatable bonds is 5. The highest BCUT2D eigenvalue weighted by Crippen LogP contribution is 2.11. The van der Waals surface area contributed by atoms with E-state index in [-0.39, 0.29) is 11.4 Å². The van der Waals surface area contributed by atoms with E-state index in [1.807, 2.05) is 0 Å². The molecule has 1 heterocycles. The van der Waals surface area contributed by atoms with Crippen molar-refractivity contribution in [3.05, 3.63) is 29.1 Å². The van der Waals surface area contributed by atoms with Crippen molar-refractivity contribution in [3.8, 4) is 0 Å². The molecule has 5 heteroatoms. The molecule has 0 spiro atoms. The first-order valence-corrected chi connectivity index (χ1v) is 5.15. The van der Waals surface area contributed by atoms with E-state index in [2.05, 4.69) is 11.9 Å². The number of carbonyl (C=O) groups excluding carboxylic acids is 2. The molecule has 0 aliphatic carbocycles. The van der Waals surface area contributed by atoms with Crippen molar-refractivity contribution in [2.24, 2.45) is 11.5 Å². The molecule has 0 bridgehead atoms. The van der Waals surface area contributed by atoms with Crippen LogP contribution < -0.4 is 11.5 Å². The maximum absolute atomic E-state index is 11.2. The summed E-state index contributed by atoms with van der Waals surface area (Å²) in [5.41, 5.74) is 11.3. The SMILES string of the molecule is CCCCc1ccc(C(N)=O)nc1C(N)=O. The molecule has 2 amide bonds. The van der Waals surface area contributed by atoms with E-state index < -0.39 is 11.8 Å². The Morgan fingerprint density at radius 1 is 1.25 bits per heavy atom. The van der Waals surface area contributed by atoms with Crippen molar-refractivity contribution in [1.82, 2.24) is 4.98 Å². The Bertz CT molecular complexity index is 416. The van der Waals surface area contributed by atoms with Crippen molar-refractivity contribution in [1.29, 1.82) is 0 Å². The van der Waals surface area contributed by atoms with E-state index >= 15 is 0 Å². The molecule has 5 nitrogen and oxygen atoms in total. The highest BCUT2D eigenvalue weighted by Gasteiger charge is 2.12. The van der Waals surface area contributed by atoms with E-state index in [1.165, 1.54) is 6.07 Å². The minimum absolute atomic E-state index is 0.0639. The number of amides is 2. The molecule has 0 radical (unpaired) electrons. The average molecular weight is 221 g/mol. The lowest BCUT2D eigenvalue weighted by Gasteiger charge is -2.06. The van der Waals surface area contributed by atoms with Gasteiger partial charge >= 0.3 is 0 Å². The number of unbranched alkanes of at least 4 members (excludes halogenated alkanes) is 1. The molecule has 1 aromatic heterocycles. The molecule has 0 aliphatic rings.